The van der Waals surface area contributed by atoms with Gasteiger partial charge in [-0.3, -0.25) is 9.36 Å². The molecular weight excluding hydrogens is 328 g/mol. The third-order valence-electron chi connectivity index (χ3n) is 4.12. The second kappa shape index (κ2) is 6.16. The van der Waals surface area contributed by atoms with Gasteiger partial charge in [0.1, 0.15) is 0 Å². The number of fused-ring (bicyclic) bond motifs is 1. The van der Waals surface area contributed by atoms with Crippen LogP contribution in [0.25, 0.3) is 0 Å². The van der Waals surface area contributed by atoms with E-state index in [-0.39, 0.29) is 5.91 Å². The van der Waals surface area contributed by atoms with Gasteiger partial charge in [-0.15, -0.1) is 0 Å². The number of aryl methyl sites for hydroxylation is 2. The lowest BCUT2D eigenvalue weighted by atomic mass is 10.0. The van der Waals surface area contributed by atoms with Gasteiger partial charge in [0.2, 0.25) is 5.91 Å². The second-order valence-corrected chi connectivity index (χ2v) is 6.33. The number of hydrogen-bond donors (Lipinski definition) is 1. The van der Waals surface area contributed by atoms with Gasteiger partial charge >= 0.3 is 0 Å². The summed E-state index contributed by atoms with van der Waals surface area (Å²) in [7, 11) is 0. The number of nitrogens with zero attached hydrogens (tertiary/aromatic N) is 1. The van der Waals surface area contributed by atoms with E-state index in [0.29, 0.717) is 6.42 Å². The van der Waals surface area contributed by atoms with Gasteiger partial charge in [-0.1, -0.05) is 24.3 Å². The molecule has 0 atom stereocenters. The van der Waals surface area contributed by atoms with Crippen LogP contribution < -0.4 is 5.32 Å². The van der Waals surface area contributed by atoms with Crippen molar-refractivity contribution in [3.8, 4) is 0 Å². The number of rotatable bonds is 3. The third-order valence-corrected chi connectivity index (χ3v) is 4.70. The van der Waals surface area contributed by atoms with Gasteiger partial charge in [0.15, 0.2) is 0 Å². The topological polar surface area (TPSA) is 34.0 Å². The molecule has 3 nitrogen and oxygen atoms in total. The molecule has 4 heteroatoms. The summed E-state index contributed by atoms with van der Waals surface area (Å²) in [4.78, 5) is 12.6. The highest BCUT2D eigenvalue weighted by molar-refractivity contribution is 9.10. The van der Waals surface area contributed by atoms with Gasteiger partial charge in [0.05, 0.1) is 4.60 Å². The van der Waals surface area contributed by atoms with Crippen LogP contribution in [0.3, 0.4) is 0 Å². The maximum atomic E-state index is 12.6. The van der Waals surface area contributed by atoms with E-state index < -0.39 is 0 Å². The Morgan fingerprint density at radius 3 is 3.00 bits per heavy atom. The number of benzene rings is 1. The SMILES string of the molecule is Cc1ccccc1CCC(=O)n1c(Br)cc2c1CCNC2. The summed E-state index contributed by atoms with van der Waals surface area (Å²) in [5.74, 6) is 0.174. The van der Waals surface area contributed by atoms with Crippen LogP contribution in [0.2, 0.25) is 0 Å². The molecule has 0 aliphatic carbocycles. The van der Waals surface area contributed by atoms with Gasteiger partial charge in [-0.25, -0.2) is 0 Å². The molecule has 1 aromatic carbocycles. The van der Waals surface area contributed by atoms with Crippen LogP contribution in [-0.2, 0) is 19.4 Å². The van der Waals surface area contributed by atoms with Crippen LogP contribution in [0.15, 0.2) is 34.9 Å². The summed E-state index contributed by atoms with van der Waals surface area (Å²) in [6, 6.07) is 10.3. The van der Waals surface area contributed by atoms with E-state index in [1.165, 1.54) is 16.7 Å². The molecule has 0 fully saturated rings. The van der Waals surface area contributed by atoms with Crippen molar-refractivity contribution in [2.45, 2.75) is 32.7 Å². The van der Waals surface area contributed by atoms with Crippen molar-refractivity contribution in [3.05, 3.63) is 57.3 Å². The summed E-state index contributed by atoms with van der Waals surface area (Å²) in [5.41, 5.74) is 4.90. The molecule has 3 rings (SSSR count). The number of halogens is 1. The van der Waals surface area contributed by atoms with Crippen LogP contribution in [-0.4, -0.2) is 17.0 Å². The molecule has 1 N–H and O–H groups in total. The monoisotopic (exact) mass is 346 g/mol. The zero-order valence-corrected chi connectivity index (χ0v) is 13.7. The van der Waals surface area contributed by atoms with Crippen LogP contribution in [0, 0.1) is 6.92 Å². The summed E-state index contributed by atoms with van der Waals surface area (Å²) in [6.07, 6.45) is 2.25. The number of aromatic nitrogens is 1. The van der Waals surface area contributed by atoms with Crippen molar-refractivity contribution in [2.24, 2.45) is 0 Å². The van der Waals surface area contributed by atoms with E-state index in [2.05, 4.69) is 46.4 Å². The molecule has 1 aromatic heterocycles. The number of carbonyl (C=O) groups is 1. The Morgan fingerprint density at radius 2 is 2.19 bits per heavy atom. The standard InChI is InChI=1S/C17H19BrN2O/c1-12-4-2-3-5-13(12)6-7-17(21)20-15-8-9-19-11-14(15)10-16(20)18/h2-5,10,19H,6-9,11H2,1H3. The van der Waals surface area contributed by atoms with Crippen LogP contribution >= 0.6 is 15.9 Å². The van der Waals surface area contributed by atoms with Crippen molar-refractivity contribution >= 4 is 21.8 Å². The van der Waals surface area contributed by atoms with E-state index in [1.807, 2.05) is 16.7 Å². The van der Waals surface area contributed by atoms with Crippen molar-refractivity contribution in [3.63, 3.8) is 0 Å². The first-order valence-corrected chi connectivity index (χ1v) is 8.13. The molecule has 0 radical (unpaired) electrons. The Balaban J connectivity index is 1.77. The van der Waals surface area contributed by atoms with Crippen molar-refractivity contribution in [2.75, 3.05) is 6.54 Å². The molecule has 0 spiro atoms. The molecule has 0 saturated carbocycles. The lowest BCUT2D eigenvalue weighted by Crippen LogP contribution is -2.26. The highest BCUT2D eigenvalue weighted by Gasteiger charge is 2.20. The first-order valence-electron chi connectivity index (χ1n) is 7.34. The Hall–Kier alpha value is -1.39. The van der Waals surface area contributed by atoms with Gasteiger partial charge < -0.3 is 5.32 Å². The van der Waals surface area contributed by atoms with E-state index in [0.717, 1.165) is 36.2 Å². The minimum Gasteiger partial charge on any atom is -0.312 e. The van der Waals surface area contributed by atoms with Crippen LogP contribution in [0.1, 0.15) is 33.6 Å². The van der Waals surface area contributed by atoms with Gasteiger partial charge in [0, 0.05) is 31.6 Å². The fraction of sp³-hybridized carbons (Fsp3) is 0.353. The first-order chi connectivity index (χ1) is 10.2. The maximum Gasteiger partial charge on any atom is 0.232 e. The lowest BCUT2D eigenvalue weighted by Gasteiger charge is -2.16. The first kappa shape index (κ1) is 14.5. The molecule has 0 saturated heterocycles. The minimum atomic E-state index is 0.174. The van der Waals surface area contributed by atoms with Gasteiger partial charge in [-0.05, 0) is 52.0 Å². The molecule has 0 amide bonds. The smallest absolute Gasteiger partial charge is 0.232 e. The quantitative estimate of drug-likeness (QED) is 0.922. The number of hydrogen-bond acceptors (Lipinski definition) is 2. The van der Waals surface area contributed by atoms with Crippen molar-refractivity contribution in [1.82, 2.24) is 9.88 Å². The van der Waals surface area contributed by atoms with Crippen LogP contribution in [0.5, 0.6) is 0 Å². The summed E-state index contributed by atoms with van der Waals surface area (Å²) < 4.78 is 2.74. The molecule has 1 aliphatic rings. The van der Waals surface area contributed by atoms with Gasteiger partial charge in [-0.2, -0.15) is 0 Å². The van der Waals surface area contributed by atoms with E-state index in [1.54, 1.807) is 0 Å². The Kier molecular flexibility index (Phi) is 4.27. The Labute approximate surface area is 133 Å². The molecular formula is C17H19BrN2O. The Morgan fingerprint density at radius 1 is 1.38 bits per heavy atom. The fourth-order valence-electron chi connectivity index (χ4n) is 2.93. The molecule has 1 aliphatic heterocycles. The fourth-order valence-corrected chi connectivity index (χ4v) is 3.62. The highest BCUT2D eigenvalue weighted by Crippen LogP contribution is 2.24. The predicted molar refractivity (Wildman–Crippen MR) is 87.7 cm³/mol. The average molecular weight is 347 g/mol. The molecule has 21 heavy (non-hydrogen) atoms. The normalized spacial score (nSPS) is 14.0. The zero-order chi connectivity index (χ0) is 14.8. The highest BCUT2D eigenvalue weighted by atomic mass is 79.9. The molecule has 110 valence electrons. The van der Waals surface area contributed by atoms with E-state index in [9.17, 15) is 4.79 Å². The lowest BCUT2D eigenvalue weighted by molar-refractivity contribution is 0.0897. The maximum absolute atomic E-state index is 12.6. The largest absolute Gasteiger partial charge is 0.312 e. The zero-order valence-electron chi connectivity index (χ0n) is 12.2. The summed E-state index contributed by atoms with van der Waals surface area (Å²) >= 11 is 3.53. The van der Waals surface area contributed by atoms with Crippen molar-refractivity contribution in [1.29, 1.82) is 0 Å². The van der Waals surface area contributed by atoms with E-state index in [4.69, 9.17) is 0 Å². The second-order valence-electron chi connectivity index (χ2n) is 5.52. The molecule has 0 bridgehead atoms. The number of carbonyl (C=O) groups excluding carboxylic acids is 1. The van der Waals surface area contributed by atoms with Gasteiger partial charge in [0.25, 0.3) is 0 Å². The predicted octanol–water partition coefficient (Wildman–Crippen LogP) is 3.48. The number of nitrogens with one attached hydrogen (secondary N) is 1. The third kappa shape index (κ3) is 2.97. The molecule has 2 heterocycles. The summed E-state index contributed by atoms with van der Waals surface area (Å²) in [5, 5.41) is 3.34. The van der Waals surface area contributed by atoms with Crippen molar-refractivity contribution < 1.29 is 4.79 Å². The van der Waals surface area contributed by atoms with Crippen LogP contribution in [0.4, 0.5) is 0 Å². The summed E-state index contributed by atoms with van der Waals surface area (Å²) in [6.45, 7) is 3.89. The molecule has 2 aromatic rings. The minimum absolute atomic E-state index is 0.174. The van der Waals surface area contributed by atoms with E-state index >= 15 is 0 Å². The molecule has 0 unspecified atom stereocenters. The Bertz CT molecular complexity index is 675. The average Bonchev–Trinajstić information content (AvgIpc) is 2.82.